The first kappa shape index (κ1) is 20.9. The Balaban J connectivity index is 1.59. The number of nitrogens with one attached hydrogen (secondary N) is 1. The molecular formula is C18H14F2N4O3S2. The van der Waals surface area contributed by atoms with Crippen molar-refractivity contribution < 1.29 is 23.2 Å². The van der Waals surface area contributed by atoms with Crippen LogP contribution >= 0.6 is 23.5 Å². The van der Waals surface area contributed by atoms with Crippen LogP contribution in [0.1, 0.15) is 15.9 Å². The molecule has 0 unspecified atom stereocenters. The predicted octanol–water partition coefficient (Wildman–Crippen LogP) is 3.26. The van der Waals surface area contributed by atoms with Crippen LogP contribution in [0.15, 0.2) is 52.8 Å². The van der Waals surface area contributed by atoms with Crippen LogP contribution in [0.25, 0.3) is 6.08 Å². The van der Waals surface area contributed by atoms with E-state index >= 15 is 0 Å². The summed E-state index contributed by atoms with van der Waals surface area (Å²) in [5.74, 6) is -3.79. The Kier molecular flexibility index (Phi) is 6.94. The maximum Gasteiger partial charge on any atom is 0.293 e. The molecule has 3 heterocycles. The number of carbonyl (C=O) groups is 3. The van der Waals surface area contributed by atoms with Gasteiger partial charge < -0.3 is 5.32 Å². The average molecular weight is 436 g/mol. The molecule has 1 N–H and O–H groups in total. The summed E-state index contributed by atoms with van der Waals surface area (Å²) < 4.78 is 25.2. The fourth-order valence-corrected chi connectivity index (χ4v) is 3.87. The van der Waals surface area contributed by atoms with Gasteiger partial charge in [-0.2, -0.15) is 8.78 Å². The summed E-state index contributed by atoms with van der Waals surface area (Å²) in [7, 11) is 0. The highest BCUT2D eigenvalue weighted by molar-refractivity contribution is 8.18. The molecule has 0 radical (unpaired) electrons. The Labute approximate surface area is 173 Å². The van der Waals surface area contributed by atoms with E-state index in [4.69, 9.17) is 0 Å². The number of hydrogen-bond acceptors (Lipinski definition) is 7. The molecule has 3 rings (SSSR count). The Morgan fingerprint density at radius 2 is 2.07 bits per heavy atom. The van der Waals surface area contributed by atoms with Gasteiger partial charge in [-0.1, -0.05) is 6.07 Å². The molecule has 0 aliphatic carbocycles. The molecule has 1 aliphatic heterocycles. The zero-order chi connectivity index (χ0) is 20.8. The van der Waals surface area contributed by atoms with Gasteiger partial charge in [0.25, 0.3) is 22.8 Å². The molecule has 0 spiro atoms. The number of alkyl halides is 2. The third-order valence-electron chi connectivity index (χ3n) is 3.69. The first-order valence-electron chi connectivity index (χ1n) is 8.29. The third kappa shape index (κ3) is 5.39. The van der Waals surface area contributed by atoms with E-state index in [0.717, 1.165) is 16.7 Å². The van der Waals surface area contributed by atoms with Gasteiger partial charge in [-0.15, -0.1) is 0 Å². The van der Waals surface area contributed by atoms with Gasteiger partial charge in [0.15, 0.2) is 0 Å². The van der Waals surface area contributed by atoms with Crippen molar-refractivity contribution in [3.63, 3.8) is 0 Å². The number of halogens is 2. The minimum atomic E-state index is -2.71. The van der Waals surface area contributed by atoms with Crippen LogP contribution in [0.4, 0.5) is 13.6 Å². The van der Waals surface area contributed by atoms with Crippen LogP contribution < -0.4 is 5.32 Å². The highest BCUT2D eigenvalue weighted by Crippen LogP contribution is 2.31. The smallest absolute Gasteiger partial charge is 0.293 e. The fraction of sp³-hybridized carbons (Fsp3) is 0.167. The summed E-state index contributed by atoms with van der Waals surface area (Å²) in [6, 6.07) is 6.31. The average Bonchev–Trinajstić information content (AvgIpc) is 2.96. The van der Waals surface area contributed by atoms with Crippen LogP contribution in [-0.2, 0) is 4.79 Å². The van der Waals surface area contributed by atoms with Gasteiger partial charge in [0.1, 0.15) is 5.03 Å². The molecule has 0 bridgehead atoms. The largest absolute Gasteiger partial charge is 0.350 e. The zero-order valence-electron chi connectivity index (χ0n) is 14.7. The molecule has 150 valence electrons. The third-order valence-corrected chi connectivity index (χ3v) is 5.33. The number of hydrogen-bond donors (Lipinski definition) is 1. The topological polar surface area (TPSA) is 92.3 Å². The van der Waals surface area contributed by atoms with Gasteiger partial charge in [0.2, 0.25) is 0 Å². The lowest BCUT2D eigenvalue weighted by Gasteiger charge is -2.13. The lowest BCUT2D eigenvalue weighted by atomic mass is 10.2. The molecule has 7 nitrogen and oxygen atoms in total. The normalized spacial score (nSPS) is 15.4. The van der Waals surface area contributed by atoms with Crippen LogP contribution in [0.2, 0.25) is 0 Å². The molecule has 1 fully saturated rings. The summed E-state index contributed by atoms with van der Waals surface area (Å²) in [5.41, 5.74) is 0.690. The highest BCUT2D eigenvalue weighted by Gasteiger charge is 2.34. The molecule has 11 heteroatoms. The monoisotopic (exact) mass is 436 g/mol. The number of aromatic nitrogens is 2. The number of imide groups is 1. The Morgan fingerprint density at radius 3 is 2.79 bits per heavy atom. The minimum Gasteiger partial charge on any atom is -0.350 e. The lowest BCUT2D eigenvalue weighted by molar-refractivity contribution is -0.122. The van der Waals surface area contributed by atoms with Crippen LogP contribution in [0.3, 0.4) is 0 Å². The van der Waals surface area contributed by atoms with E-state index in [9.17, 15) is 23.2 Å². The second kappa shape index (κ2) is 9.61. The van der Waals surface area contributed by atoms with E-state index in [2.05, 4.69) is 15.3 Å². The van der Waals surface area contributed by atoms with E-state index in [1.54, 1.807) is 30.6 Å². The molecular weight excluding hydrogens is 422 g/mol. The highest BCUT2D eigenvalue weighted by atomic mass is 32.2. The van der Waals surface area contributed by atoms with Crippen molar-refractivity contribution in [2.24, 2.45) is 0 Å². The van der Waals surface area contributed by atoms with E-state index in [1.165, 1.54) is 18.3 Å². The van der Waals surface area contributed by atoms with Crippen molar-refractivity contribution in [3.05, 3.63) is 58.9 Å². The van der Waals surface area contributed by atoms with E-state index in [1.807, 2.05) is 0 Å². The molecule has 0 saturated carbocycles. The standard InChI is InChI=1S/C18H14F2N4O3S2/c19-17(20)29-15-12(4-2-6-23-15)14(25)22-7-8-24-16(26)13(28-18(24)27)9-11-3-1-5-21-10-11/h1-6,9-10,17H,7-8H2,(H,22,25)/b13-9-. The number of nitrogens with zero attached hydrogens (tertiary/aromatic N) is 3. The zero-order valence-corrected chi connectivity index (χ0v) is 16.4. The number of rotatable bonds is 7. The SMILES string of the molecule is O=C(NCCN1C(=O)S/C(=C\c2cccnc2)C1=O)c1cccnc1SC(F)F. The van der Waals surface area contributed by atoms with Gasteiger partial charge in [-0.25, -0.2) is 4.98 Å². The molecule has 29 heavy (non-hydrogen) atoms. The molecule has 1 aliphatic rings. The summed E-state index contributed by atoms with van der Waals surface area (Å²) in [4.78, 5) is 45.8. The van der Waals surface area contributed by atoms with Gasteiger partial charge in [-0.05, 0) is 53.4 Å². The van der Waals surface area contributed by atoms with E-state index < -0.39 is 22.8 Å². The van der Waals surface area contributed by atoms with Crippen molar-refractivity contribution in [1.29, 1.82) is 0 Å². The molecule has 2 aromatic rings. The molecule has 0 aromatic carbocycles. The van der Waals surface area contributed by atoms with Crippen LogP contribution in [-0.4, -0.2) is 50.8 Å². The van der Waals surface area contributed by atoms with Crippen molar-refractivity contribution in [2.75, 3.05) is 13.1 Å². The number of amides is 3. The van der Waals surface area contributed by atoms with Crippen molar-refractivity contribution in [3.8, 4) is 0 Å². The van der Waals surface area contributed by atoms with Gasteiger partial charge in [0, 0.05) is 31.7 Å². The molecule has 2 aromatic heterocycles. The molecule has 3 amide bonds. The second-order valence-electron chi connectivity index (χ2n) is 5.61. The molecule has 1 saturated heterocycles. The van der Waals surface area contributed by atoms with Gasteiger partial charge in [-0.3, -0.25) is 24.3 Å². The Hall–Kier alpha value is -2.79. The summed E-state index contributed by atoms with van der Waals surface area (Å²) in [6.45, 7) is -0.0664. The predicted molar refractivity (Wildman–Crippen MR) is 105 cm³/mol. The van der Waals surface area contributed by atoms with Crippen LogP contribution in [0.5, 0.6) is 0 Å². The minimum absolute atomic E-state index is 0.00316. The summed E-state index contributed by atoms with van der Waals surface area (Å²) in [5, 5.41) is 1.98. The Bertz CT molecular complexity index is 957. The first-order chi connectivity index (χ1) is 14.0. The van der Waals surface area contributed by atoms with E-state index in [-0.39, 0.29) is 40.3 Å². The lowest BCUT2D eigenvalue weighted by Crippen LogP contribution is -2.37. The Morgan fingerprint density at radius 1 is 1.28 bits per heavy atom. The van der Waals surface area contributed by atoms with Crippen molar-refractivity contribution in [1.82, 2.24) is 20.2 Å². The number of thioether (sulfide) groups is 2. The fourth-order valence-electron chi connectivity index (χ4n) is 2.42. The first-order valence-corrected chi connectivity index (χ1v) is 9.98. The number of carbonyl (C=O) groups excluding carboxylic acids is 3. The van der Waals surface area contributed by atoms with E-state index in [0.29, 0.717) is 5.56 Å². The maximum absolute atomic E-state index is 12.6. The summed E-state index contributed by atoms with van der Waals surface area (Å²) >= 11 is 0.977. The van der Waals surface area contributed by atoms with Gasteiger partial charge >= 0.3 is 0 Å². The second-order valence-corrected chi connectivity index (χ2v) is 7.58. The maximum atomic E-state index is 12.6. The quantitative estimate of drug-likeness (QED) is 0.526. The van der Waals surface area contributed by atoms with Gasteiger partial charge in [0.05, 0.1) is 10.5 Å². The van der Waals surface area contributed by atoms with Crippen LogP contribution in [0, 0.1) is 0 Å². The number of pyridine rings is 2. The van der Waals surface area contributed by atoms with Crippen molar-refractivity contribution in [2.45, 2.75) is 10.8 Å². The summed E-state index contributed by atoms with van der Waals surface area (Å²) in [6.07, 6.45) is 6.05. The molecule has 0 atom stereocenters. The van der Waals surface area contributed by atoms with Crippen molar-refractivity contribution >= 4 is 46.7 Å².